The SMILES string of the molecule is O=C(N[C@@H](CCCCNC(=O)OC1CC/C=C/CCC1)C(=O)O)OCC1c2ccccc2-c2ccccc21. The molecule has 0 radical (unpaired) electrons. The lowest BCUT2D eigenvalue weighted by Crippen LogP contribution is -2.41. The van der Waals surface area contributed by atoms with Gasteiger partial charge in [0.15, 0.2) is 0 Å². The van der Waals surface area contributed by atoms with Crippen LogP contribution in [0.4, 0.5) is 9.59 Å². The molecule has 2 aliphatic rings. The van der Waals surface area contributed by atoms with E-state index in [1.165, 1.54) is 0 Å². The van der Waals surface area contributed by atoms with Gasteiger partial charge in [-0.05, 0) is 73.6 Å². The van der Waals surface area contributed by atoms with Crippen molar-refractivity contribution in [2.75, 3.05) is 13.2 Å². The fraction of sp³-hybridized carbons (Fsp3) is 0.433. The van der Waals surface area contributed by atoms with Crippen molar-refractivity contribution in [2.24, 2.45) is 0 Å². The number of aliphatic carboxylic acids is 1. The van der Waals surface area contributed by atoms with Gasteiger partial charge in [0, 0.05) is 12.5 Å². The summed E-state index contributed by atoms with van der Waals surface area (Å²) in [5.41, 5.74) is 4.43. The Morgan fingerprint density at radius 3 is 2.29 bits per heavy atom. The van der Waals surface area contributed by atoms with E-state index in [2.05, 4.69) is 34.9 Å². The second-order valence-corrected chi connectivity index (χ2v) is 9.79. The van der Waals surface area contributed by atoms with Gasteiger partial charge in [0.2, 0.25) is 0 Å². The summed E-state index contributed by atoms with van der Waals surface area (Å²) in [4.78, 5) is 36.3. The number of unbranched alkanes of at least 4 members (excludes halogenated alkanes) is 1. The molecule has 0 heterocycles. The zero-order chi connectivity index (χ0) is 26.7. The molecule has 8 heteroatoms. The highest BCUT2D eigenvalue weighted by molar-refractivity contribution is 5.81. The third-order valence-corrected chi connectivity index (χ3v) is 7.12. The van der Waals surface area contributed by atoms with E-state index >= 15 is 0 Å². The topological polar surface area (TPSA) is 114 Å². The number of rotatable bonds is 10. The zero-order valence-electron chi connectivity index (χ0n) is 21.6. The van der Waals surface area contributed by atoms with Crippen LogP contribution in [-0.4, -0.2) is 48.6 Å². The Hall–Kier alpha value is -3.81. The summed E-state index contributed by atoms with van der Waals surface area (Å²) in [7, 11) is 0. The van der Waals surface area contributed by atoms with Gasteiger partial charge < -0.3 is 25.2 Å². The number of benzene rings is 2. The van der Waals surface area contributed by atoms with E-state index in [1.54, 1.807) is 0 Å². The van der Waals surface area contributed by atoms with Gasteiger partial charge in [-0.15, -0.1) is 0 Å². The minimum absolute atomic E-state index is 0.0715. The van der Waals surface area contributed by atoms with Gasteiger partial charge in [-0.2, -0.15) is 0 Å². The van der Waals surface area contributed by atoms with Crippen molar-refractivity contribution in [1.82, 2.24) is 10.6 Å². The number of alkyl carbamates (subject to hydrolysis) is 2. The molecule has 1 unspecified atom stereocenters. The number of amides is 2. The molecule has 2 atom stereocenters. The highest BCUT2D eigenvalue weighted by atomic mass is 16.6. The number of carbonyl (C=O) groups is 3. The van der Waals surface area contributed by atoms with E-state index < -0.39 is 24.2 Å². The third-order valence-electron chi connectivity index (χ3n) is 7.12. The second kappa shape index (κ2) is 13.7. The van der Waals surface area contributed by atoms with E-state index in [1.807, 2.05) is 36.4 Å². The van der Waals surface area contributed by atoms with Gasteiger partial charge in [0.1, 0.15) is 18.8 Å². The Bertz CT molecular complexity index is 1100. The minimum Gasteiger partial charge on any atom is -0.480 e. The Balaban J connectivity index is 1.17. The van der Waals surface area contributed by atoms with Crippen molar-refractivity contribution in [3.05, 3.63) is 71.8 Å². The molecule has 0 aliphatic heterocycles. The van der Waals surface area contributed by atoms with Crippen molar-refractivity contribution in [3.63, 3.8) is 0 Å². The lowest BCUT2D eigenvalue weighted by atomic mass is 9.98. The van der Waals surface area contributed by atoms with E-state index in [0.717, 1.165) is 54.4 Å². The first-order chi connectivity index (χ1) is 18.5. The van der Waals surface area contributed by atoms with E-state index in [0.29, 0.717) is 19.4 Å². The van der Waals surface area contributed by atoms with Crippen molar-refractivity contribution < 1.29 is 29.0 Å². The van der Waals surface area contributed by atoms with Gasteiger partial charge in [-0.25, -0.2) is 14.4 Å². The maximum Gasteiger partial charge on any atom is 0.407 e. The first-order valence-corrected chi connectivity index (χ1v) is 13.5. The van der Waals surface area contributed by atoms with Gasteiger partial charge >= 0.3 is 18.2 Å². The molecule has 2 aliphatic carbocycles. The molecule has 0 saturated carbocycles. The third kappa shape index (κ3) is 7.37. The first-order valence-electron chi connectivity index (χ1n) is 13.5. The van der Waals surface area contributed by atoms with E-state index in [4.69, 9.17) is 9.47 Å². The lowest BCUT2D eigenvalue weighted by molar-refractivity contribution is -0.139. The molecule has 4 rings (SSSR count). The Kier molecular flexibility index (Phi) is 9.78. The molecule has 2 aromatic carbocycles. The Morgan fingerprint density at radius 2 is 1.58 bits per heavy atom. The van der Waals surface area contributed by atoms with Crippen molar-refractivity contribution >= 4 is 18.2 Å². The fourth-order valence-corrected chi connectivity index (χ4v) is 5.14. The smallest absolute Gasteiger partial charge is 0.407 e. The molecule has 0 aromatic heterocycles. The van der Waals surface area contributed by atoms with Crippen molar-refractivity contribution in [2.45, 2.75) is 69.4 Å². The summed E-state index contributed by atoms with van der Waals surface area (Å²) in [5, 5.41) is 14.8. The van der Waals surface area contributed by atoms with Crippen LogP contribution in [0.5, 0.6) is 0 Å². The molecular weight excluding hydrogens is 484 g/mol. The number of fused-ring (bicyclic) bond motifs is 3. The predicted molar refractivity (Wildman–Crippen MR) is 144 cm³/mol. The number of allylic oxidation sites excluding steroid dienone is 2. The monoisotopic (exact) mass is 520 g/mol. The molecule has 202 valence electrons. The summed E-state index contributed by atoms with van der Waals surface area (Å²) in [5.74, 6) is -1.22. The number of hydrogen-bond acceptors (Lipinski definition) is 5. The van der Waals surface area contributed by atoms with Crippen LogP contribution >= 0.6 is 0 Å². The second-order valence-electron chi connectivity index (χ2n) is 9.79. The van der Waals surface area contributed by atoms with Crippen molar-refractivity contribution in [3.8, 4) is 11.1 Å². The average molecular weight is 521 g/mol. The minimum atomic E-state index is -1.12. The number of nitrogens with one attached hydrogen (secondary N) is 2. The molecule has 0 fully saturated rings. The van der Waals surface area contributed by atoms with Crippen LogP contribution in [0.3, 0.4) is 0 Å². The molecular formula is C30H36N2O6. The largest absolute Gasteiger partial charge is 0.480 e. The Labute approximate surface area is 223 Å². The lowest BCUT2D eigenvalue weighted by Gasteiger charge is -2.19. The summed E-state index contributed by atoms with van der Waals surface area (Å²) >= 11 is 0. The Morgan fingerprint density at radius 1 is 0.895 bits per heavy atom. The average Bonchev–Trinajstić information content (AvgIpc) is 3.21. The number of hydrogen-bond donors (Lipinski definition) is 3. The number of ether oxygens (including phenoxy) is 2. The summed E-state index contributed by atoms with van der Waals surface area (Å²) < 4.78 is 11.0. The molecule has 2 aromatic rings. The number of carboxylic acid groups (broad SMARTS) is 1. The highest BCUT2D eigenvalue weighted by Gasteiger charge is 2.29. The highest BCUT2D eigenvalue weighted by Crippen LogP contribution is 2.44. The molecule has 0 saturated heterocycles. The zero-order valence-corrected chi connectivity index (χ0v) is 21.6. The van der Waals surface area contributed by atoms with Crippen LogP contribution in [0.25, 0.3) is 11.1 Å². The number of carbonyl (C=O) groups excluding carboxylic acids is 2. The van der Waals surface area contributed by atoms with E-state index in [9.17, 15) is 19.5 Å². The maximum atomic E-state index is 12.5. The summed E-state index contributed by atoms with van der Waals surface area (Å²) in [6.07, 6.45) is 8.94. The molecule has 0 bridgehead atoms. The molecule has 8 nitrogen and oxygen atoms in total. The van der Waals surface area contributed by atoms with E-state index in [-0.39, 0.29) is 25.0 Å². The summed E-state index contributed by atoms with van der Waals surface area (Å²) in [6, 6.07) is 15.0. The fourth-order valence-electron chi connectivity index (χ4n) is 5.14. The van der Waals surface area contributed by atoms with Crippen LogP contribution in [0.2, 0.25) is 0 Å². The summed E-state index contributed by atoms with van der Waals surface area (Å²) in [6.45, 7) is 0.498. The molecule has 0 spiro atoms. The van der Waals surface area contributed by atoms with Crippen molar-refractivity contribution in [1.29, 1.82) is 0 Å². The number of carboxylic acids is 1. The van der Waals surface area contributed by atoms with Crippen LogP contribution < -0.4 is 10.6 Å². The first kappa shape index (κ1) is 27.2. The van der Waals surface area contributed by atoms with Gasteiger partial charge in [-0.1, -0.05) is 60.7 Å². The molecule has 3 N–H and O–H groups in total. The standard InChI is InChI=1S/C30H36N2O6/c33-28(34)27(18-10-11-19-31-29(35)38-21-12-4-2-1-3-5-13-21)32-30(36)37-20-26-24-16-8-6-14-22(24)23-15-7-9-17-25(23)26/h1-2,6-9,14-17,21,26-27H,3-5,10-13,18-20H2,(H,31,35)(H,32,36)(H,33,34)/b2-1+/t21?,27-/m0/s1. The molecule has 38 heavy (non-hydrogen) atoms. The van der Waals surface area contributed by atoms with Crippen LogP contribution in [0, 0.1) is 0 Å². The van der Waals surface area contributed by atoms with Crippen LogP contribution in [-0.2, 0) is 14.3 Å². The van der Waals surface area contributed by atoms with Crippen LogP contribution in [0.1, 0.15) is 68.4 Å². The molecule has 2 amide bonds. The van der Waals surface area contributed by atoms with Gasteiger partial charge in [-0.3, -0.25) is 0 Å². The predicted octanol–water partition coefficient (Wildman–Crippen LogP) is 5.76. The van der Waals surface area contributed by atoms with Gasteiger partial charge in [0.25, 0.3) is 0 Å². The quantitative estimate of drug-likeness (QED) is 0.271. The van der Waals surface area contributed by atoms with Crippen LogP contribution in [0.15, 0.2) is 60.7 Å². The normalized spacial score (nSPS) is 18.2. The van der Waals surface area contributed by atoms with Gasteiger partial charge in [0.05, 0.1) is 0 Å². The maximum absolute atomic E-state index is 12.5.